The van der Waals surface area contributed by atoms with Gasteiger partial charge in [-0.15, -0.1) is 24.0 Å². The van der Waals surface area contributed by atoms with Crippen LogP contribution in [0, 0.1) is 6.92 Å². The molecule has 1 aromatic rings. The van der Waals surface area contributed by atoms with Gasteiger partial charge in [-0.3, -0.25) is 4.99 Å². The smallest absolute Gasteiger partial charge is 0.314 e. The van der Waals surface area contributed by atoms with Crippen LogP contribution < -0.4 is 16.4 Å². The molecule has 2 rings (SSSR count). The van der Waals surface area contributed by atoms with Crippen LogP contribution in [0.15, 0.2) is 29.3 Å². The maximum absolute atomic E-state index is 11.2. The lowest BCUT2D eigenvalue weighted by atomic mass is 10.00. The maximum atomic E-state index is 11.2. The summed E-state index contributed by atoms with van der Waals surface area (Å²) in [4.78, 5) is 17.7. The lowest BCUT2D eigenvalue weighted by Crippen LogP contribution is -2.50. The molecule has 1 fully saturated rings. The first-order valence-electron chi connectivity index (χ1n) is 9.15. The van der Waals surface area contributed by atoms with Crippen LogP contribution >= 0.6 is 24.0 Å². The average Bonchev–Trinajstić information content (AvgIpc) is 2.60. The van der Waals surface area contributed by atoms with Gasteiger partial charge in [0.05, 0.1) is 0 Å². The van der Waals surface area contributed by atoms with Crippen LogP contribution in [0.25, 0.3) is 0 Å². The van der Waals surface area contributed by atoms with E-state index in [9.17, 15) is 4.79 Å². The van der Waals surface area contributed by atoms with E-state index in [1.165, 1.54) is 11.1 Å². The summed E-state index contributed by atoms with van der Waals surface area (Å²) in [6.07, 6.45) is 1.78. The lowest BCUT2D eigenvalue weighted by Gasteiger charge is -2.32. The summed E-state index contributed by atoms with van der Waals surface area (Å²) in [6.45, 7) is 9.34. The number of rotatable bonds is 5. The van der Waals surface area contributed by atoms with Gasteiger partial charge in [0.2, 0.25) is 0 Å². The first-order valence-corrected chi connectivity index (χ1v) is 9.15. The summed E-state index contributed by atoms with van der Waals surface area (Å²) < 4.78 is 0. The molecule has 0 spiro atoms. The van der Waals surface area contributed by atoms with E-state index in [1.54, 1.807) is 4.90 Å². The van der Waals surface area contributed by atoms with Crippen molar-refractivity contribution in [3.05, 3.63) is 35.4 Å². The molecule has 26 heavy (non-hydrogen) atoms. The van der Waals surface area contributed by atoms with Crippen LogP contribution in [-0.2, 0) is 0 Å². The standard InChI is InChI=1S/C19H31N5O.HI/c1-4-21-19(23-17-8-10-24(11-9-17)18(20)25)22-13-15(3)16-7-5-6-14(2)12-16;/h5-7,12,15,17H,4,8-11,13H2,1-3H3,(H2,20,25)(H2,21,22,23);1H. The van der Waals surface area contributed by atoms with Gasteiger partial charge >= 0.3 is 6.03 Å². The topological polar surface area (TPSA) is 82.8 Å². The molecule has 0 bridgehead atoms. The Hall–Kier alpha value is -1.51. The van der Waals surface area contributed by atoms with Gasteiger partial charge in [0, 0.05) is 38.1 Å². The summed E-state index contributed by atoms with van der Waals surface area (Å²) in [5, 5.41) is 6.81. The molecule has 1 saturated heterocycles. The predicted octanol–water partition coefficient (Wildman–Crippen LogP) is 2.81. The lowest BCUT2D eigenvalue weighted by molar-refractivity contribution is 0.188. The van der Waals surface area contributed by atoms with Crippen LogP contribution in [0.1, 0.15) is 43.7 Å². The number of amides is 2. The molecule has 0 saturated carbocycles. The molecular formula is C19H32IN5O. The van der Waals surface area contributed by atoms with Gasteiger partial charge in [-0.25, -0.2) is 4.79 Å². The number of nitrogens with zero attached hydrogens (tertiary/aromatic N) is 2. The highest BCUT2D eigenvalue weighted by Crippen LogP contribution is 2.16. The van der Waals surface area contributed by atoms with Crippen LogP contribution in [0.3, 0.4) is 0 Å². The van der Waals surface area contributed by atoms with Crippen molar-refractivity contribution in [2.24, 2.45) is 10.7 Å². The number of guanidine groups is 1. The zero-order chi connectivity index (χ0) is 18.2. The van der Waals surface area contributed by atoms with Gasteiger partial charge in [-0.05, 0) is 32.3 Å². The zero-order valence-corrected chi connectivity index (χ0v) is 18.3. The van der Waals surface area contributed by atoms with Crippen molar-refractivity contribution in [1.82, 2.24) is 15.5 Å². The Bertz CT molecular complexity index is 599. The fourth-order valence-corrected chi connectivity index (χ4v) is 3.07. The van der Waals surface area contributed by atoms with Crippen molar-refractivity contribution >= 4 is 36.0 Å². The number of hydrogen-bond acceptors (Lipinski definition) is 2. The number of piperidine rings is 1. The monoisotopic (exact) mass is 473 g/mol. The van der Waals surface area contributed by atoms with Crippen molar-refractivity contribution in [1.29, 1.82) is 0 Å². The molecule has 1 aromatic carbocycles. The van der Waals surface area contributed by atoms with E-state index in [2.05, 4.69) is 55.7 Å². The number of nitrogens with one attached hydrogen (secondary N) is 2. The molecule has 1 heterocycles. The third-order valence-corrected chi connectivity index (χ3v) is 4.63. The molecule has 146 valence electrons. The molecule has 6 nitrogen and oxygen atoms in total. The van der Waals surface area contributed by atoms with Crippen LogP contribution in [0.5, 0.6) is 0 Å². The van der Waals surface area contributed by atoms with Crippen molar-refractivity contribution in [2.75, 3.05) is 26.2 Å². The minimum atomic E-state index is -0.328. The number of likely N-dealkylation sites (tertiary alicyclic amines) is 1. The van der Waals surface area contributed by atoms with Gasteiger partial charge in [-0.2, -0.15) is 0 Å². The fraction of sp³-hybridized carbons (Fsp3) is 0.579. The summed E-state index contributed by atoms with van der Waals surface area (Å²) >= 11 is 0. The van der Waals surface area contributed by atoms with E-state index in [1.807, 2.05) is 0 Å². The van der Waals surface area contributed by atoms with Gasteiger partial charge in [-0.1, -0.05) is 36.8 Å². The minimum Gasteiger partial charge on any atom is -0.357 e. The van der Waals surface area contributed by atoms with Crippen LogP contribution in [0.2, 0.25) is 0 Å². The first kappa shape index (κ1) is 22.5. The highest BCUT2D eigenvalue weighted by Gasteiger charge is 2.21. The molecule has 1 atom stereocenters. The summed E-state index contributed by atoms with van der Waals surface area (Å²) in [7, 11) is 0. The minimum absolute atomic E-state index is 0. The Morgan fingerprint density at radius 2 is 2.08 bits per heavy atom. The van der Waals surface area contributed by atoms with Gasteiger partial charge < -0.3 is 21.3 Å². The average molecular weight is 473 g/mol. The van der Waals surface area contributed by atoms with Crippen molar-refractivity contribution in [2.45, 2.75) is 45.6 Å². The quantitative estimate of drug-likeness (QED) is 0.350. The Kier molecular flexibility index (Phi) is 9.75. The van der Waals surface area contributed by atoms with E-state index in [4.69, 9.17) is 10.7 Å². The number of carbonyl (C=O) groups excluding carboxylic acids is 1. The van der Waals surface area contributed by atoms with Gasteiger partial charge in [0.1, 0.15) is 0 Å². The van der Waals surface area contributed by atoms with E-state index in [0.717, 1.165) is 31.9 Å². The number of primary amides is 1. The van der Waals surface area contributed by atoms with E-state index < -0.39 is 0 Å². The molecule has 2 amide bonds. The molecule has 0 radical (unpaired) electrons. The number of carbonyl (C=O) groups is 1. The van der Waals surface area contributed by atoms with E-state index >= 15 is 0 Å². The summed E-state index contributed by atoms with van der Waals surface area (Å²) in [5.74, 6) is 1.21. The van der Waals surface area contributed by atoms with Gasteiger partial charge in [0.15, 0.2) is 5.96 Å². The number of benzene rings is 1. The van der Waals surface area contributed by atoms with Crippen LogP contribution in [0.4, 0.5) is 4.79 Å². The Morgan fingerprint density at radius 1 is 1.38 bits per heavy atom. The summed E-state index contributed by atoms with van der Waals surface area (Å²) in [5.41, 5.74) is 7.93. The summed E-state index contributed by atoms with van der Waals surface area (Å²) in [6, 6.07) is 8.59. The third-order valence-electron chi connectivity index (χ3n) is 4.63. The van der Waals surface area contributed by atoms with Gasteiger partial charge in [0.25, 0.3) is 0 Å². The van der Waals surface area contributed by atoms with Crippen molar-refractivity contribution in [3.63, 3.8) is 0 Å². The van der Waals surface area contributed by atoms with Crippen LogP contribution in [-0.4, -0.2) is 49.1 Å². The van der Waals surface area contributed by atoms with Crippen molar-refractivity contribution < 1.29 is 4.79 Å². The normalized spacial score (nSPS) is 16.6. The molecule has 4 N–H and O–H groups in total. The molecular weight excluding hydrogens is 441 g/mol. The van der Waals surface area contributed by atoms with E-state index in [-0.39, 0.29) is 30.0 Å². The number of aryl methyl sites for hydroxylation is 1. The molecule has 1 aliphatic rings. The molecule has 7 heteroatoms. The molecule has 1 unspecified atom stereocenters. The largest absolute Gasteiger partial charge is 0.357 e. The third kappa shape index (κ3) is 7.01. The number of hydrogen-bond donors (Lipinski definition) is 3. The van der Waals surface area contributed by atoms with E-state index in [0.29, 0.717) is 25.0 Å². The Labute approximate surface area is 174 Å². The second-order valence-electron chi connectivity index (χ2n) is 6.78. The highest BCUT2D eigenvalue weighted by molar-refractivity contribution is 14.0. The molecule has 0 aliphatic carbocycles. The number of halogens is 1. The Balaban J connectivity index is 0.00000338. The second-order valence-corrected chi connectivity index (χ2v) is 6.78. The number of aliphatic imine (C=N–C) groups is 1. The number of urea groups is 1. The SMILES string of the molecule is CCNC(=NCC(C)c1cccc(C)c1)NC1CCN(C(N)=O)CC1.I. The first-order chi connectivity index (χ1) is 12.0. The number of nitrogens with two attached hydrogens (primary N) is 1. The second kappa shape index (κ2) is 11.3. The fourth-order valence-electron chi connectivity index (χ4n) is 3.07. The molecule has 1 aliphatic heterocycles. The predicted molar refractivity (Wildman–Crippen MR) is 118 cm³/mol. The highest BCUT2D eigenvalue weighted by atomic mass is 127. The maximum Gasteiger partial charge on any atom is 0.314 e. The zero-order valence-electron chi connectivity index (χ0n) is 16.0. The van der Waals surface area contributed by atoms with Crippen molar-refractivity contribution in [3.8, 4) is 0 Å². The molecule has 0 aromatic heterocycles. The Morgan fingerprint density at radius 3 is 2.65 bits per heavy atom.